The first kappa shape index (κ1) is 17.2. The number of rotatable bonds is 8. The van der Waals surface area contributed by atoms with E-state index < -0.39 is 11.9 Å². The van der Waals surface area contributed by atoms with Gasteiger partial charge in [0, 0.05) is 18.8 Å². The molecule has 1 aromatic rings. The highest BCUT2D eigenvalue weighted by molar-refractivity contribution is 5.70. The molecule has 1 rings (SSSR count). The third-order valence-corrected chi connectivity index (χ3v) is 2.80. The van der Waals surface area contributed by atoms with Crippen molar-refractivity contribution in [2.45, 2.75) is 40.5 Å². The fourth-order valence-corrected chi connectivity index (χ4v) is 1.91. The molecule has 21 heavy (non-hydrogen) atoms. The number of nitrogens with zero attached hydrogens (tertiary/aromatic N) is 2. The third-order valence-electron chi connectivity index (χ3n) is 2.80. The van der Waals surface area contributed by atoms with Crippen molar-refractivity contribution in [1.82, 2.24) is 9.97 Å². The van der Waals surface area contributed by atoms with Gasteiger partial charge >= 0.3 is 5.97 Å². The Bertz CT molecular complexity index is 458. The van der Waals surface area contributed by atoms with Gasteiger partial charge in [0.15, 0.2) is 0 Å². The molecule has 0 aliphatic rings. The van der Waals surface area contributed by atoms with Crippen LogP contribution in [0.2, 0.25) is 0 Å². The van der Waals surface area contributed by atoms with Gasteiger partial charge < -0.3 is 15.2 Å². The molecule has 6 heteroatoms. The van der Waals surface area contributed by atoms with Crippen molar-refractivity contribution in [3.05, 3.63) is 12.3 Å². The van der Waals surface area contributed by atoms with Crippen LogP contribution in [0, 0.1) is 11.3 Å². The van der Waals surface area contributed by atoms with E-state index in [-0.39, 0.29) is 5.41 Å². The van der Waals surface area contributed by atoms with Gasteiger partial charge in [0.1, 0.15) is 0 Å². The monoisotopic (exact) mass is 295 g/mol. The molecule has 0 saturated carbocycles. The van der Waals surface area contributed by atoms with Gasteiger partial charge in [-0.1, -0.05) is 27.7 Å². The van der Waals surface area contributed by atoms with Crippen LogP contribution in [-0.2, 0) is 4.79 Å². The lowest BCUT2D eigenvalue weighted by Gasteiger charge is -2.23. The topological polar surface area (TPSA) is 84.3 Å². The Morgan fingerprint density at radius 2 is 2.19 bits per heavy atom. The molecule has 0 spiro atoms. The van der Waals surface area contributed by atoms with Gasteiger partial charge in [0.2, 0.25) is 11.8 Å². The number of aromatic nitrogens is 2. The molecule has 0 radical (unpaired) electrons. The van der Waals surface area contributed by atoms with E-state index in [1.54, 1.807) is 12.3 Å². The molecular formula is C15H25N3O3. The van der Waals surface area contributed by atoms with E-state index in [0.717, 1.165) is 6.42 Å². The van der Waals surface area contributed by atoms with Gasteiger partial charge in [-0.05, 0) is 18.3 Å². The average Bonchev–Trinajstić information content (AvgIpc) is 2.40. The zero-order valence-electron chi connectivity index (χ0n) is 13.2. The molecule has 0 bridgehead atoms. The summed E-state index contributed by atoms with van der Waals surface area (Å²) in [6.07, 6.45) is 3.08. The van der Waals surface area contributed by atoms with E-state index in [4.69, 9.17) is 4.74 Å². The van der Waals surface area contributed by atoms with E-state index in [2.05, 4.69) is 15.3 Å². The van der Waals surface area contributed by atoms with Crippen molar-refractivity contribution >= 4 is 11.9 Å². The Kier molecular flexibility index (Phi) is 6.39. The van der Waals surface area contributed by atoms with Gasteiger partial charge in [0.25, 0.3) is 0 Å². The second-order valence-corrected chi connectivity index (χ2v) is 6.25. The highest BCUT2D eigenvalue weighted by Gasteiger charge is 2.24. The van der Waals surface area contributed by atoms with E-state index in [9.17, 15) is 9.90 Å². The number of carboxylic acid groups (broad SMARTS) is 1. The normalized spacial score (nSPS) is 12.8. The summed E-state index contributed by atoms with van der Waals surface area (Å²) >= 11 is 0. The zero-order chi connectivity index (χ0) is 15.9. The quantitative estimate of drug-likeness (QED) is 0.767. The Labute approximate surface area is 126 Å². The van der Waals surface area contributed by atoms with Crippen LogP contribution in [0.3, 0.4) is 0 Å². The molecule has 6 nitrogen and oxygen atoms in total. The lowest BCUT2D eigenvalue weighted by Crippen LogP contribution is -2.28. The lowest BCUT2D eigenvalue weighted by molar-refractivity contribution is -0.142. The van der Waals surface area contributed by atoms with Gasteiger partial charge in [0.05, 0.1) is 12.5 Å². The number of aliphatic carboxylic acids is 1. The third kappa shape index (κ3) is 6.92. The van der Waals surface area contributed by atoms with Crippen molar-refractivity contribution in [3.8, 4) is 5.88 Å². The molecule has 0 saturated heterocycles. The summed E-state index contributed by atoms with van der Waals surface area (Å²) in [5.41, 5.74) is -0.0440. The summed E-state index contributed by atoms with van der Waals surface area (Å²) < 4.78 is 5.42. The summed E-state index contributed by atoms with van der Waals surface area (Å²) in [7, 11) is 0. The largest absolute Gasteiger partial charge is 0.481 e. The van der Waals surface area contributed by atoms with Gasteiger partial charge in [-0.15, -0.1) is 0 Å². The number of anilines is 1. The Morgan fingerprint density at radius 3 is 2.76 bits per heavy atom. The Balaban J connectivity index is 2.61. The van der Waals surface area contributed by atoms with Crippen LogP contribution in [0.1, 0.15) is 40.5 Å². The fourth-order valence-electron chi connectivity index (χ4n) is 1.91. The molecule has 1 atom stereocenters. The first-order valence-corrected chi connectivity index (χ1v) is 7.24. The highest BCUT2D eigenvalue weighted by atomic mass is 16.5. The van der Waals surface area contributed by atoms with E-state index >= 15 is 0 Å². The van der Waals surface area contributed by atoms with E-state index in [1.807, 2.05) is 27.7 Å². The maximum atomic E-state index is 11.3. The molecule has 0 aromatic carbocycles. The van der Waals surface area contributed by atoms with E-state index in [1.165, 1.54) is 0 Å². The highest BCUT2D eigenvalue weighted by Crippen LogP contribution is 2.24. The van der Waals surface area contributed by atoms with Crippen LogP contribution in [0.25, 0.3) is 0 Å². The molecule has 0 amide bonds. The number of hydrogen-bond donors (Lipinski definition) is 2. The van der Waals surface area contributed by atoms with Crippen LogP contribution >= 0.6 is 0 Å². The minimum absolute atomic E-state index is 0.0440. The van der Waals surface area contributed by atoms with Crippen molar-refractivity contribution in [1.29, 1.82) is 0 Å². The second kappa shape index (κ2) is 7.81. The summed E-state index contributed by atoms with van der Waals surface area (Å²) in [5.74, 6) is -0.398. The zero-order valence-corrected chi connectivity index (χ0v) is 13.2. The predicted octanol–water partition coefficient (Wildman–Crippen LogP) is 2.81. The molecule has 0 aliphatic heterocycles. The maximum Gasteiger partial charge on any atom is 0.308 e. The standard InChI is InChI=1S/C15H25N3O3/c1-5-8-21-12-6-7-16-14(18-12)17-10-11(13(19)20)9-15(2,3)4/h6-7,11H,5,8-10H2,1-4H3,(H,19,20)(H,16,17,18). The van der Waals surface area contributed by atoms with Crippen LogP contribution in [0.15, 0.2) is 12.3 Å². The SMILES string of the molecule is CCCOc1ccnc(NCC(CC(C)(C)C)C(=O)O)n1. The average molecular weight is 295 g/mol. The number of ether oxygens (including phenoxy) is 1. The molecule has 1 unspecified atom stereocenters. The first-order valence-electron chi connectivity index (χ1n) is 7.24. The summed E-state index contributed by atoms with van der Waals surface area (Å²) in [4.78, 5) is 19.6. The van der Waals surface area contributed by atoms with Gasteiger partial charge in [-0.25, -0.2) is 4.98 Å². The molecule has 1 heterocycles. The molecule has 0 fully saturated rings. The molecular weight excluding hydrogens is 270 g/mol. The van der Waals surface area contributed by atoms with Crippen molar-refractivity contribution in [2.75, 3.05) is 18.5 Å². The molecule has 0 aliphatic carbocycles. The minimum Gasteiger partial charge on any atom is -0.481 e. The fraction of sp³-hybridized carbons (Fsp3) is 0.667. The Hall–Kier alpha value is -1.85. The Morgan fingerprint density at radius 1 is 1.48 bits per heavy atom. The van der Waals surface area contributed by atoms with Crippen molar-refractivity contribution in [3.63, 3.8) is 0 Å². The van der Waals surface area contributed by atoms with Crippen LogP contribution in [0.5, 0.6) is 5.88 Å². The number of nitrogens with one attached hydrogen (secondary N) is 1. The van der Waals surface area contributed by atoms with Gasteiger partial charge in [-0.2, -0.15) is 4.98 Å². The lowest BCUT2D eigenvalue weighted by atomic mass is 9.84. The molecule has 1 aromatic heterocycles. The van der Waals surface area contributed by atoms with Crippen molar-refractivity contribution < 1.29 is 14.6 Å². The van der Waals surface area contributed by atoms with Crippen molar-refractivity contribution in [2.24, 2.45) is 11.3 Å². The maximum absolute atomic E-state index is 11.3. The van der Waals surface area contributed by atoms with Crippen LogP contribution < -0.4 is 10.1 Å². The second-order valence-electron chi connectivity index (χ2n) is 6.25. The van der Waals surface area contributed by atoms with E-state index in [0.29, 0.717) is 31.4 Å². The summed E-state index contributed by atoms with van der Waals surface area (Å²) in [6.45, 7) is 8.99. The molecule has 2 N–H and O–H groups in total. The smallest absolute Gasteiger partial charge is 0.308 e. The summed E-state index contributed by atoms with van der Waals surface area (Å²) in [5, 5.41) is 12.3. The number of hydrogen-bond acceptors (Lipinski definition) is 5. The number of carboxylic acids is 1. The number of carbonyl (C=O) groups is 1. The minimum atomic E-state index is -0.809. The van der Waals surface area contributed by atoms with Gasteiger partial charge in [-0.3, -0.25) is 4.79 Å². The predicted molar refractivity (Wildman–Crippen MR) is 81.5 cm³/mol. The first-order chi connectivity index (χ1) is 9.81. The van der Waals surface area contributed by atoms with Crippen LogP contribution in [-0.4, -0.2) is 34.2 Å². The summed E-state index contributed by atoms with van der Waals surface area (Å²) in [6, 6.07) is 1.69. The molecule has 118 valence electrons. The van der Waals surface area contributed by atoms with Crippen LogP contribution in [0.4, 0.5) is 5.95 Å².